The summed E-state index contributed by atoms with van der Waals surface area (Å²) in [6.07, 6.45) is 1.46. The van der Waals surface area contributed by atoms with Crippen LogP contribution in [0.25, 0.3) is 11.4 Å². The van der Waals surface area contributed by atoms with E-state index in [1.165, 1.54) is 23.0 Å². The van der Waals surface area contributed by atoms with Crippen molar-refractivity contribution in [1.29, 1.82) is 0 Å². The zero-order valence-corrected chi connectivity index (χ0v) is 14.0. The lowest BCUT2D eigenvalue weighted by Crippen LogP contribution is -1.99. The van der Waals surface area contributed by atoms with Crippen LogP contribution in [0.3, 0.4) is 0 Å². The number of nitrogens with zero attached hydrogens (tertiary/aromatic N) is 3. The van der Waals surface area contributed by atoms with Gasteiger partial charge in [0.2, 0.25) is 4.77 Å². The van der Waals surface area contributed by atoms with Gasteiger partial charge in [-0.15, -0.1) is 0 Å². The highest BCUT2D eigenvalue weighted by Crippen LogP contribution is 2.21. The molecule has 1 heterocycles. The second-order valence-corrected chi connectivity index (χ2v) is 5.69. The van der Waals surface area contributed by atoms with Crippen LogP contribution >= 0.6 is 12.2 Å². The topological polar surface area (TPSA) is 104 Å². The maximum Gasteiger partial charge on any atom is 0.339 e. The predicted molar refractivity (Wildman–Crippen MR) is 95.6 cm³/mol. The molecular weight excluding hydrogens is 340 g/mol. The number of aryl methyl sites for hydroxylation is 1. The van der Waals surface area contributed by atoms with E-state index in [1.54, 1.807) is 6.07 Å². The lowest BCUT2D eigenvalue weighted by molar-refractivity contribution is 0.0693. The summed E-state index contributed by atoms with van der Waals surface area (Å²) < 4.78 is 1.78. The highest BCUT2D eigenvalue weighted by molar-refractivity contribution is 7.71. The van der Waals surface area contributed by atoms with Crippen LogP contribution in [0.1, 0.15) is 21.5 Å². The largest absolute Gasteiger partial charge is 0.507 e. The molecule has 0 aliphatic carbocycles. The van der Waals surface area contributed by atoms with Gasteiger partial charge in [0.1, 0.15) is 11.3 Å². The summed E-state index contributed by atoms with van der Waals surface area (Å²) in [4.78, 5) is 11.1. The third-order valence-corrected chi connectivity index (χ3v) is 3.87. The minimum Gasteiger partial charge on any atom is -0.507 e. The SMILES string of the molecule is Cc1ccccc1-c1n[nH]c(=S)n1/N=C/c1ccc(O)c(C(=O)O)c1. The third-order valence-electron chi connectivity index (χ3n) is 3.61. The number of nitrogens with one attached hydrogen (secondary N) is 1. The smallest absolute Gasteiger partial charge is 0.339 e. The van der Waals surface area contributed by atoms with E-state index in [-0.39, 0.29) is 11.3 Å². The fourth-order valence-corrected chi connectivity index (χ4v) is 2.51. The predicted octanol–water partition coefficient (Wildman–Crippen LogP) is 3.20. The van der Waals surface area contributed by atoms with Crippen LogP contribution < -0.4 is 0 Å². The van der Waals surface area contributed by atoms with Gasteiger partial charge in [0, 0.05) is 5.56 Å². The summed E-state index contributed by atoms with van der Waals surface area (Å²) in [5.74, 6) is -0.963. The number of aromatic amines is 1. The van der Waals surface area contributed by atoms with Crippen molar-refractivity contribution in [3.05, 3.63) is 63.9 Å². The highest BCUT2D eigenvalue weighted by atomic mass is 32.1. The van der Waals surface area contributed by atoms with Crippen molar-refractivity contribution in [1.82, 2.24) is 14.9 Å². The van der Waals surface area contributed by atoms with Gasteiger partial charge in [0.25, 0.3) is 0 Å². The van der Waals surface area contributed by atoms with Gasteiger partial charge in [0.05, 0.1) is 6.21 Å². The number of aromatic hydroxyl groups is 1. The van der Waals surface area contributed by atoms with E-state index < -0.39 is 5.97 Å². The molecule has 0 aliphatic heterocycles. The van der Waals surface area contributed by atoms with E-state index in [1.807, 2.05) is 31.2 Å². The number of H-pyrrole nitrogens is 1. The molecule has 1 aromatic heterocycles. The van der Waals surface area contributed by atoms with Crippen LogP contribution in [-0.2, 0) is 0 Å². The molecule has 0 bridgehead atoms. The number of carboxylic acids is 1. The van der Waals surface area contributed by atoms with Gasteiger partial charge >= 0.3 is 5.97 Å². The summed E-state index contributed by atoms with van der Waals surface area (Å²) in [7, 11) is 0. The van der Waals surface area contributed by atoms with E-state index in [4.69, 9.17) is 17.3 Å². The molecule has 0 radical (unpaired) electrons. The zero-order chi connectivity index (χ0) is 18.0. The monoisotopic (exact) mass is 354 g/mol. The first-order chi connectivity index (χ1) is 12.0. The average Bonchev–Trinajstić information content (AvgIpc) is 2.95. The Balaban J connectivity index is 2.02. The number of hydrogen-bond donors (Lipinski definition) is 3. The normalized spacial score (nSPS) is 11.1. The Morgan fingerprint density at radius 2 is 2.08 bits per heavy atom. The van der Waals surface area contributed by atoms with Crippen LogP contribution in [0.15, 0.2) is 47.6 Å². The van der Waals surface area contributed by atoms with Crippen LogP contribution in [0.2, 0.25) is 0 Å². The molecule has 126 valence electrons. The first kappa shape index (κ1) is 16.6. The molecule has 0 atom stereocenters. The molecule has 7 nitrogen and oxygen atoms in total. The van der Waals surface area contributed by atoms with Crippen molar-refractivity contribution < 1.29 is 15.0 Å². The molecule has 25 heavy (non-hydrogen) atoms. The summed E-state index contributed by atoms with van der Waals surface area (Å²) in [6, 6.07) is 11.9. The van der Waals surface area contributed by atoms with Crippen molar-refractivity contribution in [2.45, 2.75) is 6.92 Å². The Bertz CT molecular complexity index is 1040. The fraction of sp³-hybridized carbons (Fsp3) is 0.0588. The number of phenols is 1. The van der Waals surface area contributed by atoms with Crippen LogP contribution in [0.5, 0.6) is 5.75 Å². The van der Waals surface area contributed by atoms with Gasteiger partial charge in [0.15, 0.2) is 5.82 Å². The minimum absolute atomic E-state index is 0.195. The number of benzene rings is 2. The van der Waals surface area contributed by atoms with Crippen molar-refractivity contribution in [3.8, 4) is 17.1 Å². The van der Waals surface area contributed by atoms with Gasteiger partial charge in [-0.25, -0.2) is 9.89 Å². The molecule has 3 N–H and O–H groups in total. The molecule has 0 aliphatic rings. The van der Waals surface area contributed by atoms with Gasteiger partial charge in [-0.1, -0.05) is 24.3 Å². The molecule has 0 fully saturated rings. The van der Waals surface area contributed by atoms with E-state index in [0.29, 0.717) is 16.2 Å². The Labute approximate surface area is 147 Å². The molecule has 8 heteroatoms. The summed E-state index contributed by atoms with van der Waals surface area (Å²) >= 11 is 5.22. The van der Waals surface area contributed by atoms with Crippen LogP contribution in [-0.4, -0.2) is 37.3 Å². The van der Waals surface area contributed by atoms with Crippen molar-refractivity contribution in [2.75, 3.05) is 0 Å². The van der Waals surface area contributed by atoms with E-state index in [9.17, 15) is 9.90 Å². The third kappa shape index (κ3) is 3.33. The molecular formula is C17H14N4O3S. The maximum absolute atomic E-state index is 11.1. The number of aromatic carboxylic acids is 1. The van der Waals surface area contributed by atoms with Gasteiger partial charge < -0.3 is 10.2 Å². The molecule has 0 amide bonds. The van der Waals surface area contributed by atoms with Crippen LogP contribution in [0.4, 0.5) is 0 Å². The van der Waals surface area contributed by atoms with Crippen LogP contribution in [0, 0.1) is 11.7 Å². The number of aromatic nitrogens is 3. The molecule has 3 aromatic rings. The van der Waals surface area contributed by atoms with Crippen molar-refractivity contribution in [2.24, 2.45) is 5.10 Å². The lowest BCUT2D eigenvalue weighted by Gasteiger charge is -2.04. The number of carbonyl (C=O) groups is 1. The van der Waals surface area contributed by atoms with Gasteiger partial charge in [-0.05, 0) is 48.5 Å². The average molecular weight is 354 g/mol. The van der Waals surface area contributed by atoms with Gasteiger partial charge in [-0.3, -0.25) is 0 Å². The van der Waals surface area contributed by atoms with E-state index in [0.717, 1.165) is 11.1 Å². The Kier molecular flexibility index (Phi) is 4.44. The first-order valence-corrected chi connectivity index (χ1v) is 7.72. The molecule has 2 aromatic carbocycles. The van der Waals surface area contributed by atoms with Crippen molar-refractivity contribution >= 4 is 24.4 Å². The molecule has 3 rings (SSSR count). The van der Waals surface area contributed by atoms with E-state index in [2.05, 4.69) is 15.3 Å². The summed E-state index contributed by atoms with van der Waals surface area (Å²) in [5.41, 5.74) is 2.21. The second-order valence-electron chi connectivity index (χ2n) is 5.31. The minimum atomic E-state index is -1.21. The summed E-state index contributed by atoms with van der Waals surface area (Å²) in [6.45, 7) is 1.96. The summed E-state index contributed by atoms with van der Waals surface area (Å²) in [5, 5.41) is 29.9. The van der Waals surface area contributed by atoms with Gasteiger partial charge in [-0.2, -0.15) is 14.9 Å². The van der Waals surface area contributed by atoms with Crippen molar-refractivity contribution in [3.63, 3.8) is 0 Å². The standard InChI is InChI=1S/C17H14N4O3S/c1-10-4-2-3-5-12(10)15-19-20-17(25)21(15)18-9-11-6-7-14(22)13(8-11)16(23)24/h2-9,22H,1H3,(H,20,25)(H,23,24)/b18-9+. The zero-order valence-electron chi connectivity index (χ0n) is 13.2. The Morgan fingerprint density at radius 1 is 1.32 bits per heavy atom. The second kappa shape index (κ2) is 6.70. The fourth-order valence-electron chi connectivity index (χ4n) is 2.33. The lowest BCUT2D eigenvalue weighted by atomic mass is 10.1. The number of rotatable bonds is 4. The number of carboxylic acid groups (broad SMARTS) is 1. The molecule has 0 saturated carbocycles. The van der Waals surface area contributed by atoms with E-state index >= 15 is 0 Å². The highest BCUT2D eigenvalue weighted by Gasteiger charge is 2.11. The first-order valence-electron chi connectivity index (χ1n) is 7.31. The molecule has 0 saturated heterocycles. The Morgan fingerprint density at radius 3 is 2.80 bits per heavy atom. The molecule has 0 spiro atoms. The Hall–Kier alpha value is -3.26. The molecule has 0 unspecified atom stereocenters. The quantitative estimate of drug-likeness (QED) is 0.493. The number of hydrogen-bond acceptors (Lipinski definition) is 5. The maximum atomic E-state index is 11.1.